The second-order valence-corrected chi connectivity index (χ2v) is 6.89. The molecule has 0 amide bonds. The molecule has 1 rings (SSSR count). The third-order valence-corrected chi connectivity index (χ3v) is 4.83. The van der Waals surface area contributed by atoms with Gasteiger partial charge in [0.2, 0.25) is 0 Å². The maximum absolute atomic E-state index is 6.48. The Morgan fingerprint density at radius 1 is 1.05 bits per heavy atom. The summed E-state index contributed by atoms with van der Waals surface area (Å²) in [5.41, 5.74) is 8.12. The first kappa shape index (κ1) is 16.3. The van der Waals surface area contributed by atoms with E-state index in [1.165, 1.54) is 33.4 Å². The topological polar surface area (TPSA) is 0 Å². The third kappa shape index (κ3) is 3.23. The van der Waals surface area contributed by atoms with Crippen LogP contribution in [-0.4, -0.2) is 0 Å². The highest BCUT2D eigenvalue weighted by molar-refractivity contribution is 6.32. The molecular formula is C18H27Cl. The summed E-state index contributed by atoms with van der Waals surface area (Å²) in [6, 6.07) is 0. The standard InChI is InChI=1S/C18H27Cl/c1-9-15-14(5)16(10-11(2)18(6,7)8)12(3)13(4)17(15)19/h10H,9H2,1-8H3/b11-10+. The van der Waals surface area contributed by atoms with Crippen molar-refractivity contribution < 1.29 is 0 Å². The van der Waals surface area contributed by atoms with Crippen molar-refractivity contribution in [3.63, 3.8) is 0 Å². The van der Waals surface area contributed by atoms with Crippen LogP contribution in [0.15, 0.2) is 5.57 Å². The molecule has 0 saturated heterocycles. The quantitative estimate of drug-likeness (QED) is 0.597. The van der Waals surface area contributed by atoms with Gasteiger partial charge < -0.3 is 0 Å². The second-order valence-electron chi connectivity index (χ2n) is 6.51. The van der Waals surface area contributed by atoms with E-state index < -0.39 is 0 Å². The summed E-state index contributed by atoms with van der Waals surface area (Å²) in [4.78, 5) is 0. The normalized spacial score (nSPS) is 13.0. The Hall–Kier alpha value is -0.750. The van der Waals surface area contributed by atoms with Gasteiger partial charge in [0, 0.05) is 5.02 Å². The van der Waals surface area contributed by atoms with E-state index in [1.807, 2.05) is 0 Å². The first-order chi connectivity index (χ1) is 8.61. The number of allylic oxidation sites excluding steroid dienone is 1. The molecule has 19 heavy (non-hydrogen) atoms. The summed E-state index contributed by atoms with van der Waals surface area (Å²) in [5.74, 6) is 0. The van der Waals surface area contributed by atoms with Crippen molar-refractivity contribution in [2.75, 3.05) is 0 Å². The van der Waals surface area contributed by atoms with Crippen LogP contribution in [0.1, 0.15) is 62.4 Å². The molecule has 0 fully saturated rings. The molecule has 0 saturated carbocycles. The maximum atomic E-state index is 6.48. The molecule has 0 heterocycles. The number of hydrogen-bond donors (Lipinski definition) is 0. The zero-order valence-electron chi connectivity index (χ0n) is 13.7. The Morgan fingerprint density at radius 3 is 2.00 bits per heavy atom. The van der Waals surface area contributed by atoms with Crippen LogP contribution in [0.4, 0.5) is 0 Å². The van der Waals surface area contributed by atoms with Gasteiger partial charge in [-0.15, -0.1) is 0 Å². The maximum Gasteiger partial charge on any atom is 0.0472 e. The van der Waals surface area contributed by atoms with Crippen LogP contribution >= 0.6 is 11.6 Å². The van der Waals surface area contributed by atoms with Crippen LogP contribution in [0.5, 0.6) is 0 Å². The summed E-state index contributed by atoms with van der Waals surface area (Å²) in [6.45, 7) is 17.7. The molecule has 0 aliphatic heterocycles. The van der Waals surface area contributed by atoms with Crippen molar-refractivity contribution in [2.24, 2.45) is 5.41 Å². The Labute approximate surface area is 123 Å². The first-order valence-corrected chi connectivity index (χ1v) is 7.45. The predicted octanol–water partition coefficient (Wildman–Crippen LogP) is 6.28. The zero-order chi connectivity index (χ0) is 15.0. The third-order valence-electron chi connectivity index (χ3n) is 4.31. The van der Waals surface area contributed by atoms with E-state index in [4.69, 9.17) is 11.6 Å². The smallest absolute Gasteiger partial charge is 0.0472 e. The minimum Gasteiger partial charge on any atom is -0.0837 e. The van der Waals surface area contributed by atoms with Gasteiger partial charge in [-0.3, -0.25) is 0 Å². The van der Waals surface area contributed by atoms with Gasteiger partial charge in [0.15, 0.2) is 0 Å². The molecule has 0 aliphatic rings. The largest absolute Gasteiger partial charge is 0.0837 e. The van der Waals surface area contributed by atoms with E-state index in [-0.39, 0.29) is 5.41 Å². The average Bonchev–Trinajstić information content (AvgIpc) is 2.31. The summed E-state index contributed by atoms with van der Waals surface area (Å²) in [7, 11) is 0. The second kappa shape index (κ2) is 5.71. The number of rotatable bonds is 2. The van der Waals surface area contributed by atoms with Crippen LogP contribution in [0.25, 0.3) is 6.08 Å². The van der Waals surface area contributed by atoms with Crippen LogP contribution in [-0.2, 0) is 6.42 Å². The van der Waals surface area contributed by atoms with Crippen molar-refractivity contribution in [1.82, 2.24) is 0 Å². The Balaban J connectivity index is 3.58. The van der Waals surface area contributed by atoms with Gasteiger partial charge in [0.05, 0.1) is 0 Å². The van der Waals surface area contributed by atoms with Gasteiger partial charge in [-0.2, -0.15) is 0 Å². The van der Waals surface area contributed by atoms with Crippen molar-refractivity contribution in [2.45, 2.75) is 61.8 Å². The molecule has 0 radical (unpaired) electrons. The van der Waals surface area contributed by atoms with Gasteiger partial charge in [-0.05, 0) is 67.3 Å². The fraction of sp³-hybridized carbons (Fsp3) is 0.556. The van der Waals surface area contributed by atoms with Gasteiger partial charge in [0.25, 0.3) is 0 Å². The molecule has 1 aromatic carbocycles. The molecule has 0 aromatic heterocycles. The van der Waals surface area contributed by atoms with Gasteiger partial charge in [-0.25, -0.2) is 0 Å². The Bertz CT molecular complexity index is 514. The molecule has 1 heteroatoms. The Kier molecular flexibility index (Phi) is 4.90. The van der Waals surface area contributed by atoms with Crippen molar-refractivity contribution in [1.29, 1.82) is 0 Å². The monoisotopic (exact) mass is 278 g/mol. The van der Waals surface area contributed by atoms with Crippen molar-refractivity contribution in [3.8, 4) is 0 Å². The van der Waals surface area contributed by atoms with Crippen molar-refractivity contribution >= 4 is 17.7 Å². The van der Waals surface area contributed by atoms with Crippen LogP contribution in [0.3, 0.4) is 0 Å². The molecule has 106 valence electrons. The fourth-order valence-corrected chi connectivity index (χ4v) is 2.69. The highest BCUT2D eigenvalue weighted by Crippen LogP contribution is 2.34. The van der Waals surface area contributed by atoms with Gasteiger partial charge in [-0.1, -0.05) is 50.9 Å². The zero-order valence-corrected chi connectivity index (χ0v) is 14.4. The summed E-state index contributed by atoms with van der Waals surface area (Å²) in [6.07, 6.45) is 3.33. The van der Waals surface area contributed by atoms with E-state index in [9.17, 15) is 0 Å². The minimum absolute atomic E-state index is 0.207. The number of hydrogen-bond acceptors (Lipinski definition) is 0. The van der Waals surface area contributed by atoms with Crippen LogP contribution in [0, 0.1) is 26.2 Å². The highest BCUT2D eigenvalue weighted by Gasteiger charge is 2.17. The molecule has 0 spiro atoms. The molecule has 0 N–H and O–H groups in total. The van der Waals surface area contributed by atoms with E-state index in [0.29, 0.717) is 0 Å². The average molecular weight is 279 g/mol. The lowest BCUT2D eigenvalue weighted by Crippen LogP contribution is -2.07. The summed E-state index contributed by atoms with van der Waals surface area (Å²) >= 11 is 6.48. The van der Waals surface area contributed by atoms with Gasteiger partial charge >= 0.3 is 0 Å². The van der Waals surface area contributed by atoms with Crippen molar-refractivity contribution in [3.05, 3.63) is 38.4 Å². The Morgan fingerprint density at radius 2 is 1.58 bits per heavy atom. The minimum atomic E-state index is 0.207. The molecule has 1 aromatic rings. The number of benzene rings is 1. The summed E-state index contributed by atoms with van der Waals surface area (Å²) in [5, 5.41) is 0.947. The molecular weight excluding hydrogens is 252 g/mol. The molecule has 0 nitrogen and oxygen atoms in total. The molecule has 0 aliphatic carbocycles. The lowest BCUT2D eigenvalue weighted by atomic mass is 9.84. The molecule has 0 bridgehead atoms. The predicted molar refractivity (Wildman–Crippen MR) is 88.1 cm³/mol. The SMILES string of the molecule is CCc1c(C)c(/C=C(\C)C(C)(C)C)c(C)c(C)c1Cl. The number of halogens is 1. The lowest BCUT2D eigenvalue weighted by molar-refractivity contribution is 0.508. The summed E-state index contributed by atoms with van der Waals surface area (Å²) < 4.78 is 0. The fourth-order valence-electron chi connectivity index (χ4n) is 2.27. The van der Waals surface area contributed by atoms with Crippen LogP contribution < -0.4 is 0 Å². The highest BCUT2D eigenvalue weighted by atomic mass is 35.5. The lowest BCUT2D eigenvalue weighted by Gasteiger charge is -2.22. The van der Waals surface area contributed by atoms with E-state index >= 15 is 0 Å². The van der Waals surface area contributed by atoms with E-state index in [2.05, 4.69) is 61.5 Å². The molecule has 0 unspecified atom stereocenters. The van der Waals surface area contributed by atoms with Gasteiger partial charge in [0.1, 0.15) is 0 Å². The van der Waals surface area contributed by atoms with Crippen LogP contribution in [0.2, 0.25) is 5.02 Å². The molecule has 0 atom stereocenters. The first-order valence-electron chi connectivity index (χ1n) is 7.08. The van der Waals surface area contributed by atoms with E-state index in [1.54, 1.807) is 0 Å². The van der Waals surface area contributed by atoms with E-state index in [0.717, 1.165) is 11.4 Å².